The fourth-order valence-corrected chi connectivity index (χ4v) is 3.31. The maximum Gasteiger partial charge on any atom is 0.259 e. The second kappa shape index (κ2) is 8.71. The highest BCUT2D eigenvalue weighted by molar-refractivity contribution is 6.11. The van der Waals surface area contributed by atoms with Gasteiger partial charge in [-0.1, -0.05) is 31.5 Å². The number of likely N-dealkylation sites (N-methyl/N-ethyl adjacent to an activating group) is 1. The molecule has 0 radical (unpaired) electrons. The van der Waals surface area contributed by atoms with Crippen molar-refractivity contribution in [3.63, 3.8) is 0 Å². The average Bonchev–Trinajstić information content (AvgIpc) is 3.08. The number of anilines is 1. The van der Waals surface area contributed by atoms with Crippen molar-refractivity contribution in [1.82, 2.24) is 5.32 Å². The van der Waals surface area contributed by atoms with Gasteiger partial charge in [-0.2, -0.15) is 0 Å². The Labute approximate surface area is 160 Å². The van der Waals surface area contributed by atoms with Crippen molar-refractivity contribution in [2.45, 2.75) is 39.2 Å². The van der Waals surface area contributed by atoms with Crippen LogP contribution in [0.3, 0.4) is 0 Å². The second-order valence-corrected chi connectivity index (χ2v) is 6.64. The van der Waals surface area contributed by atoms with Crippen LogP contribution in [0.1, 0.15) is 42.6 Å². The van der Waals surface area contributed by atoms with Gasteiger partial charge in [-0.3, -0.25) is 14.5 Å². The van der Waals surface area contributed by atoms with Gasteiger partial charge in [-0.25, -0.2) is 0 Å². The van der Waals surface area contributed by atoms with Crippen molar-refractivity contribution >= 4 is 17.5 Å². The fraction of sp³-hybridized carbons (Fsp3) is 0.364. The van der Waals surface area contributed by atoms with Crippen molar-refractivity contribution in [3.8, 4) is 5.75 Å². The van der Waals surface area contributed by atoms with Crippen LogP contribution in [0.2, 0.25) is 0 Å². The van der Waals surface area contributed by atoms with E-state index < -0.39 is 6.04 Å². The van der Waals surface area contributed by atoms with Gasteiger partial charge < -0.3 is 10.1 Å². The first-order valence-electron chi connectivity index (χ1n) is 9.57. The minimum absolute atomic E-state index is 0.124. The molecule has 3 rings (SSSR count). The number of benzene rings is 2. The van der Waals surface area contributed by atoms with Crippen LogP contribution >= 0.6 is 0 Å². The quantitative estimate of drug-likeness (QED) is 0.762. The molecule has 5 nitrogen and oxygen atoms in total. The van der Waals surface area contributed by atoms with Crippen LogP contribution in [0.25, 0.3) is 0 Å². The Bertz CT molecular complexity index is 801. The van der Waals surface area contributed by atoms with Gasteiger partial charge >= 0.3 is 0 Å². The highest BCUT2D eigenvalue weighted by Gasteiger charge is 2.38. The lowest BCUT2D eigenvalue weighted by molar-refractivity contribution is -0.122. The number of nitrogens with zero attached hydrogens (tertiary/aromatic N) is 1. The Morgan fingerprint density at radius 2 is 1.85 bits per heavy atom. The summed E-state index contributed by atoms with van der Waals surface area (Å²) in [5.74, 6) is 0.458. The maximum absolute atomic E-state index is 13.2. The molecule has 2 aromatic carbocycles. The van der Waals surface area contributed by atoms with E-state index in [1.54, 1.807) is 17.0 Å². The van der Waals surface area contributed by atoms with Gasteiger partial charge in [0.25, 0.3) is 5.91 Å². The summed E-state index contributed by atoms with van der Waals surface area (Å²) in [5, 5.41) is 2.84. The normalized spacial score (nSPS) is 15.3. The summed E-state index contributed by atoms with van der Waals surface area (Å²) in [6.45, 7) is 5.20. The Kier molecular flexibility index (Phi) is 6.12. The van der Waals surface area contributed by atoms with Gasteiger partial charge in [-0.05, 0) is 49.2 Å². The second-order valence-electron chi connectivity index (χ2n) is 6.64. The minimum atomic E-state index is -0.518. The minimum Gasteiger partial charge on any atom is -0.494 e. The smallest absolute Gasteiger partial charge is 0.259 e. The molecule has 0 unspecified atom stereocenters. The molecule has 0 spiro atoms. The van der Waals surface area contributed by atoms with E-state index in [1.165, 1.54) is 0 Å². The first-order valence-corrected chi connectivity index (χ1v) is 9.57. The van der Waals surface area contributed by atoms with Gasteiger partial charge in [-0.15, -0.1) is 0 Å². The third-order valence-corrected chi connectivity index (χ3v) is 4.72. The number of unbranched alkanes of at least 4 members (excludes halogenated alkanes) is 1. The summed E-state index contributed by atoms with van der Waals surface area (Å²) < 4.78 is 5.67. The lowest BCUT2D eigenvalue weighted by Gasteiger charge is -2.25. The van der Waals surface area contributed by atoms with E-state index in [0.717, 1.165) is 29.8 Å². The van der Waals surface area contributed by atoms with E-state index in [4.69, 9.17) is 4.74 Å². The highest BCUT2D eigenvalue weighted by Crippen LogP contribution is 2.33. The van der Waals surface area contributed by atoms with Crippen molar-refractivity contribution in [3.05, 3.63) is 59.7 Å². The molecule has 0 fully saturated rings. The summed E-state index contributed by atoms with van der Waals surface area (Å²) in [6.07, 6.45) is 2.61. The number of fused-ring (bicyclic) bond motifs is 1. The Balaban J connectivity index is 1.83. The molecule has 0 saturated carbocycles. The van der Waals surface area contributed by atoms with E-state index in [0.29, 0.717) is 25.1 Å². The lowest BCUT2D eigenvalue weighted by atomic mass is 10.1. The number of carbonyl (C=O) groups excluding carboxylic acids is 2. The number of amides is 2. The summed E-state index contributed by atoms with van der Waals surface area (Å²) in [5.41, 5.74) is 2.37. The first kappa shape index (κ1) is 19.0. The highest BCUT2D eigenvalue weighted by atomic mass is 16.5. The van der Waals surface area contributed by atoms with Crippen molar-refractivity contribution in [2.24, 2.45) is 0 Å². The predicted molar refractivity (Wildman–Crippen MR) is 106 cm³/mol. The molecule has 0 aromatic heterocycles. The van der Waals surface area contributed by atoms with Crippen molar-refractivity contribution in [2.75, 3.05) is 18.1 Å². The van der Waals surface area contributed by atoms with E-state index >= 15 is 0 Å². The van der Waals surface area contributed by atoms with Crippen LogP contribution in [0, 0.1) is 0 Å². The standard InChI is InChI=1S/C22H26N2O3/c1-3-5-14-27-18-12-10-16(11-13-18)22(26)24-19-9-7-6-8-17(19)15-20(24)21(25)23-4-2/h6-13,20H,3-5,14-15H2,1-2H3,(H,23,25)/t20-/m1/s1. The van der Waals surface area contributed by atoms with Gasteiger partial charge in [0.15, 0.2) is 0 Å². The molecule has 1 aliphatic heterocycles. The van der Waals surface area contributed by atoms with Gasteiger partial charge in [0.1, 0.15) is 11.8 Å². The zero-order valence-corrected chi connectivity index (χ0v) is 15.9. The molecule has 2 aromatic rings. The van der Waals surface area contributed by atoms with Crippen LogP contribution in [-0.4, -0.2) is 31.0 Å². The number of ether oxygens (including phenoxy) is 1. The maximum atomic E-state index is 13.2. The van der Waals surface area contributed by atoms with Gasteiger partial charge in [0, 0.05) is 24.2 Å². The number of hydrogen-bond acceptors (Lipinski definition) is 3. The van der Waals surface area contributed by atoms with Crippen LogP contribution in [0.15, 0.2) is 48.5 Å². The zero-order chi connectivity index (χ0) is 19.2. The van der Waals surface area contributed by atoms with E-state index in [9.17, 15) is 9.59 Å². The van der Waals surface area contributed by atoms with E-state index in [2.05, 4.69) is 12.2 Å². The summed E-state index contributed by atoms with van der Waals surface area (Å²) in [6, 6.07) is 14.3. The topological polar surface area (TPSA) is 58.6 Å². The third kappa shape index (κ3) is 4.13. The zero-order valence-electron chi connectivity index (χ0n) is 15.9. The van der Waals surface area contributed by atoms with Crippen molar-refractivity contribution in [1.29, 1.82) is 0 Å². The number of hydrogen-bond donors (Lipinski definition) is 1. The molecule has 1 aliphatic rings. The summed E-state index contributed by atoms with van der Waals surface area (Å²) in [4.78, 5) is 27.4. The Hall–Kier alpha value is -2.82. The number of nitrogens with one attached hydrogen (secondary N) is 1. The molecule has 1 heterocycles. The van der Waals surface area contributed by atoms with Crippen LogP contribution in [0.5, 0.6) is 5.75 Å². The summed E-state index contributed by atoms with van der Waals surface area (Å²) in [7, 11) is 0. The first-order chi connectivity index (χ1) is 13.2. The fourth-order valence-electron chi connectivity index (χ4n) is 3.31. The SMILES string of the molecule is CCCCOc1ccc(C(=O)N2c3ccccc3C[C@@H]2C(=O)NCC)cc1. The van der Waals surface area contributed by atoms with Crippen molar-refractivity contribution < 1.29 is 14.3 Å². The third-order valence-electron chi connectivity index (χ3n) is 4.72. The molecule has 0 bridgehead atoms. The molecule has 27 heavy (non-hydrogen) atoms. The largest absolute Gasteiger partial charge is 0.494 e. The Morgan fingerprint density at radius 3 is 2.56 bits per heavy atom. The number of rotatable bonds is 7. The molecule has 0 aliphatic carbocycles. The van der Waals surface area contributed by atoms with E-state index in [1.807, 2.05) is 43.3 Å². The van der Waals surface area contributed by atoms with E-state index in [-0.39, 0.29) is 11.8 Å². The summed E-state index contributed by atoms with van der Waals surface area (Å²) >= 11 is 0. The van der Waals surface area contributed by atoms with Gasteiger partial charge in [0.2, 0.25) is 5.91 Å². The van der Waals surface area contributed by atoms with Crippen LogP contribution in [0.4, 0.5) is 5.69 Å². The van der Waals surface area contributed by atoms with Gasteiger partial charge in [0.05, 0.1) is 6.61 Å². The molecule has 1 N–H and O–H groups in total. The monoisotopic (exact) mass is 366 g/mol. The molecule has 0 saturated heterocycles. The molecular formula is C22H26N2O3. The predicted octanol–water partition coefficient (Wildman–Crippen LogP) is 3.57. The molecule has 5 heteroatoms. The van der Waals surface area contributed by atoms with Crippen LogP contribution in [-0.2, 0) is 11.2 Å². The molecule has 2 amide bonds. The number of carbonyl (C=O) groups is 2. The average molecular weight is 366 g/mol. The molecule has 142 valence electrons. The molecular weight excluding hydrogens is 340 g/mol. The lowest BCUT2D eigenvalue weighted by Crippen LogP contribution is -2.48. The molecule has 1 atom stereocenters. The Morgan fingerprint density at radius 1 is 1.11 bits per heavy atom. The van der Waals surface area contributed by atoms with Crippen LogP contribution < -0.4 is 15.0 Å². The number of para-hydroxylation sites is 1.